The molecule has 2 rings (SSSR count). The van der Waals surface area contributed by atoms with Crippen molar-refractivity contribution >= 4 is 17.5 Å². The second kappa shape index (κ2) is 4.81. The molecule has 1 heterocycles. The van der Waals surface area contributed by atoms with Crippen molar-refractivity contribution in [1.82, 2.24) is 15.0 Å². The first-order valence-electron chi connectivity index (χ1n) is 4.63. The summed E-state index contributed by atoms with van der Waals surface area (Å²) in [4.78, 5) is 10.9. The number of ether oxygens (including phenoxy) is 1. The zero-order valence-corrected chi connectivity index (χ0v) is 9.52. The van der Waals surface area contributed by atoms with E-state index in [1.807, 2.05) is 0 Å². The fourth-order valence-electron chi connectivity index (χ4n) is 1.15. The molecule has 0 bridgehead atoms. The van der Waals surface area contributed by atoms with Crippen LogP contribution >= 0.6 is 11.6 Å². The molecule has 0 saturated carbocycles. The number of nitrogens with zero attached hydrogens (tertiary/aromatic N) is 4. The molecule has 0 atom stereocenters. The van der Waals surface area contributed by atoms with Crippen LogP contribution in [0.25, 0.3) is 0 Å². The molecule has 0 aliphatic carbocycles. The van der Waals surface area contributed by atoms with Gasteiger partial charge in [0.25, 0.3) is 0 Å². The summed E-state index contributed by atoms with van der Waals surface area (Å²) >= 11 is 5.56. The molecular weight excluding hydrogens is 261 g/mol. The fraction of sp³-hybridized carbons (Fsp3) is 0. The Balaban J connectivity index is 2.29. The summed E-state index contributed by atoms with van der Waals surface area (Å²) in [6, 6.07) is 5.24. The summed E-state index contributed by atoms with van der Waals surface area (Å²) < 4.78 is 18.4. The Morgan fingerprint density at radius 2 is 2.11 bits per heavy atom. The molecule has 1 aromatic carbocycles. The van der Waals surface area contributed by atoms with Gasteiger partial charge in [0.05, 0.1) is 5.56 Å². The van der Waals surface area contributed by atoms with Gasteiger partial charge in [-0.15, -0.1) is 0 Å². The highest BCUT2D eigenvalue weighted by molar-refractivity contribution is 6.28. The maximum absolute atomic E-state index is 13.3. The van der Waals surface area contributed by atoms with Crippen molar-refractivity contribution in [3.63, 3.8) is 0 Å². The molecule has 0 aliphatic rings. The van der Waals surface area contributed by atoms with Crippen LogP contribution in [-0.4, -0.2) is 15.0 Å². The van der Waals surface area contributed by atoms with E-state index in [0.717, 1.165) is 6.07 Å². The van der Waals surface area contributed by atoms with Crippen molar-refractivity contribution in [2.45, 2.75) is 0 Å². The summed E-state index contributed by atoms with van der Waals surface area (Å²) in [5.41, 5.74) is 5.26. The molecule has 90 valence electrons. The quantitative estimate of drug-likeness (QED) is 0.891. The van der Waals surface area contributed by atoms with Gasteiger partial charge in [0, 0.05) is 6.07 Å². The van der Waals surface area contributed by atoms with Gasteiger partial charge in [-0.05, 0) is 23.7 Å². The van der Waals surface area contributed by atoms with Gasteiger partial charge in [-0.3, -0.25) is 0 Å². The molecular formula is C10H5ClFN5O. The number of rotatable bonds is 2. The van der Waals surface area contributed by atoms with E-state index in [1.165, 1.54) is 12.1 Å². The lowest BCUT2D eigenvalue weighted by Crippen LogP contribution is -2.00. The molecule has 0 radical (unpaired) electrons. The zero-order chi connectivity index (χ0) is 13.1. The van der Waals surface area contributed by atoms with Crippen LogP contribution < -0.4 is 10.5 Å². The first kappa shape index (κ1) is 12.0. The minimum atomic E-state index is -0.705. The van der Waals surface area contributed by atoms with Crippen LogP contribution in [0.4, 0.5) is 10.3 Å². The predicted molar refractivity (Wildman–Crippen MR) is 60.4 cm³/mol. The lowest BCUT2D eigenvalue weighted by molar-refractivity contribution is 0.436. The molecule has 6 nitrogen and oxygen atoms in total. The van der Waals surface area contributed by atoms with E-state index < -0.39 is 5.82 Å². The Hall–Kier alpha value is -2.46. The summed E-state index contributed by atoms with van der Waals surface area (Å²) in [5.74, 6) is -0.699. The minimum Gasteiger partial charge on any atom is -0.424 e. The largest absolute Gasteiger partial charge is 0.424 e. The lowest BCUT2D eigenvalue weighted by atomic mass is 10.2. The normalized spacial score (nSPS) is 9.83. The Kier molecular flexibility index (Phi) is 3.21. The smallest absolute Gasteiger partial charge is 0.328 e. The van der Waals surface area contributed by atoms with Crippen LogP contribution in [0.5, 0.6) is 11.8 Å². The average Bonchev–Trinajstić information content (AvgIpc) is 2.27. The van der Waals surface area contributed by atoms with E-state index in [2.05, 4.69) is 15.0 Å². The topological polar surface area (TPSA) is 97.7 Å². The zero-order valence-electron chi connectivity index (χ0n) is 8.76. The van der Waals surface area contributed by atoms with Gasteiger partial charge < -0.3 is 10.5 Å². The van der Waals surface area contributed by atoms with Gasteiger partial charge in [-0.25, -0.2) is 4.39 Å². The minimum absolute atomic E-state index is 0.0875. The van der Waals surface area contributed by atoms with Gasteiger partial charge in [0.1, 0.15) is 17.6 Å². The van der Waals surface area contributed by atoms with Gasteiger partial charge in [0.15, 0.2) is 0 Å². The number of halogens is 2. The second-order valence-corrected chi connectivity index (χ2v) is 3.44. The number of hydrogen-bond donors (Lipinski definition) is 1. The van der Waals surface area contributed by atoms with E-state index in [1.54, 1.807) is 6.07 Å². The maximum atomic E-state index is 13.3. The Labute approximate surface area is 106 Å². The highest BCUT2D eigenvalue weighted by atomic mass is 35.5. The third kappa shape index (κ3) is 2.61. The van der Waals surface area contributed by atoms with Crippen molar-refractivity contribution in [2.75, 3.05) is 5.73 Å². The van der Waals surface area contributed by atoms with Gasteiger partial charge in [-0.2, -0.15) is 20.2 Å². The monoisotopic (exact) mass is 265 g/mol. The molecule has 0 saturated heterocycles. The molecule has 1 aromatic heterocycles. The number of hydrogen-bond acceptors (Lipinski definition) is 6. The van der Waals surface area contributed by atoms with Crippen molar-refractivity contribution in [2.24, 2.45) is 0 Å². The average molecular weight is 266 g/mol. The Morgan fingerprint density at radius 1 is 1.33 bits per heavy atom. The number of aromatic nitrogens is 3. The van der Waals surface area contributed by atoms with Crippen molar-refractivity contribution in [3.05, 3.63) is 34.9 Å². The van der Waals surface area contributed by atoms with Crippen LogP contribution in [0.15, 0.2) is 18.2 Å². The number of nitrogens with two attached hydrogens (primary N) is 1. The van der Waals surface area contributed by atoms with Crippen LogP contribution in [-0.2, 0) is 0 Å². The van der Waals surface area contributed by atoms with Crippen LogP contribution in [0.3, 0.4) is 0 Å². The highest BCUT2D eigenvalue weighted by Gasteiger charge is 2.08. The maximum Gasteiger partial charge on any atom is 0.328 e. The Morgan fingerprint density at radius 3 is 2.72 bits per heavy atom. The standard InChI is InChI=1S/C10H5ClFN5O/c11-8-15-9(14)17-10(16-8)18-6-2-1-5(4-13)7(12)3-6/h1-3H,(H2,14,15,16,17). The van der Waals surface area contributed by atoms with Gasteiger partial charge >= 0.3 is 6.01 Å². The van der Waals surface area contributed by atoms with Gasteiger partial charge in [-0.1, -0.05) is 0 Å². The number of anilines is 1. The molecule has 0 fully saturated rings. The van der Waals surface area contributed by atoms with E-state index in [9.17, 15) is 4.39 Å². The van der Waals surface area contributed by atoms with E-state index >= 15 is 0 Å². The van der Waals surface area contributed by atoms with Crippen molar-refractivity contribution < 1.29 is 9.13 Å². The third-order valence-electron chi connectivity index (χ3n) is 1.88. The molecule has 18 heavy (non-hydrogen) atoms. The summed E-state index contributed by atoms with van der Waals surface area (Å²) in [6.45, 7) is 0. The number of nitrogen functional groups attached to an aromatic ring is 1. The number of nitriles is 1. The summed E-state index contributed by atoms with van der Waals surface area (Å²) in [7, 11) is 0. The summed E-state index contributed by atoms with van der Waals surface area (Å²) in [6.07, 6.45) is 0. The predicted octanol–water partition coefficient (Wildman–Crippen LogP) is 1.91. The first-order valence-corrected chi connectivity index (χ1v) is 5.01. The molecule has 0 spiro atoms. The van der Waals surface area contributed by atoms with Crippen LogP contribution in [0.1, 0.15) is 5.56 Å². The van der Waals surface area contributed by atoms with E-state index in [-0.39, 0.29) is 28.6 Å². The molecule has 2 aromatic rings. The molecule has 8 heteroatoms. The van der Waals surface area contributed by atoms with Crippen molar-refractivity contribution in [3.8, 4) is 17.8 Å². The SMILES string of the molecule is N#Cc1ccc(Oc2nc(N)nc(Cl)n2)cc1F. The lowest BCUT2D eigenvalue weighted by Gasteiger charge is -2.04. The Bertz CT molecular complexity index is 622. The summed E-state index contributed by atoms with van der Waals surface area (Å²) in [5, 5.41) is 8.44. The fourth-order valence-corrected chi connectivity index (χ4v) is 1.31. The molecule has 0 amide bonds. The first-order chi connectivity index (χ1) is 8.58. The molecule has 0 aliphatic heterocycles. The second-order valence-electron chi connectivity index (χ2n) is 3.10. The highest BCUT2D eigenvalue weighted by Crippen LogP contribution is 2.21. The third-order valence-corrected chi connectivity index (χ3v) is 2.04. The van der Waals surface area contributed by atoms with Crippen LogP contribution in [0.2, 0.25) is 5.28 Å². The van der Waals surface area contributed by atoms with Gasteiger partial charge in [0.2, 0.25) is 11.2 Å². The molecule has 2 N–H and O–H groups in total. The van der Waals surface area contributed by atoms with Crippen molar-refractivity contribution in [1.29, 1.82) is 5.26 Å². The molecule has 0 unspecified atom stereocenters. The number of benzene rings is 1. The van der Waals surface area contributed by atoms with E-state index in [0.29, 0.717) is 0 Å². The van der Waals surface area contributed by atoms with Crippen LogP contribution in [0, 0.1) is 17.1 Å². The van der Waals surface area contributed by atoms with E-state index in [4.69, 9.17) is 27.3 Å².